The van der Waals surface area contributed by atoms with E-state index in [1.54, 1.807) is 18.2 Å². The van der Waals surface area contributed by atoms with Crippen LogP contribution in [0.5, 0.6) is 5.75 Å². The predicted molar refractivity (Wildman–Crippen MR) is 163 cm³/mol. The van der Waals surface area contributed by atoms with Crippen molar-refractivity contribution in [3.05, 3.63) is 95.1 Å². The quantitative estimate of drug-likeness (QED) is 0.229. The minimum absolute atomic E-state index is 0.0538. The van der Waals surface area contributed by atoms with Crippen LogP contribution in [0, 0.1) is 0 Å². The van der Waals surface area contributed by atoms with E-state index < -0.39 is 10.0 Å². The standard InChI is InChI=1S/C33H34N2O4S/c1-32(2,3)26-17-20(18-27(30(26)36)33(4,5)6)16-25-24-19-22(14-15-28(24)34-31(25)37)40(38,39)35-29-13-9-11-21-10-7-8-12-23(21)29/h7-19,35-36H,1-6H3,(H,34,37)/b25-16-. The first-order valence-electron chi connectivity index (χ1n) is 13.2. The maximum atomic E-state index is 13.5. The van der Waals surface area contributed by atoms with Gasteiger partial charge in [0.25, 0.3) is 15.9 Å². The third-order valence-electron chi connectivity index (χ3n) is 7.18. The monoisotopic (exact) mass is 554 g/mol. The molecule has 1 aliphatic heterocycles. The Morgan fingerprint density at radius 2 is 1.45 bits per heavy atom. The van der Waals surface area contributed by atoms with Crippen molar-refractivity contribution in [3.63, 3.8) is 0 Å². The maximum absolute atomic E-state index is 13.5. The van der Waals surface area contributed by atoms with Gasteiger partial charge in [-0.15, -0.1) is 0 Å². The maximum Gasteiger partial charge on any atom is 0.261 e. The van der Waals surface area contributed by atoms with Crippen LogP contribution in [0.25, 0.3) is 22.4 Å². The minimum atomic E-state index is -3.95. The molecule has 4 aromatic carbocycles. The molecule has 1 heterocycles. The molecule has 7 heteroatoms. The number of amides is 1. The zero-order chi connectivity index (χ0) is 29.0. The lowest BCUT2D eigenvalue weighted by Crippen LogP contribution is -2.17. The summed E-state index contributed by atoms with van der Waals surface area (Å²) in [5, 5.41) is 15.7. The van der Waals surface area contributed by atoms with Gasteiger partial charge in [0.15, 0.2) is 0 Å². The van der Waals surface area contributed by atoms with Gasteiger partial charge in [-0.2, -0.15) is 0 Å². The van der Waals surface area contributed by atoms with Crippen LogP contribution in [0.2, 0.25) is 0 Å². The van der Waals surface area contributed by atoms with Crippen LogP contribution in [0.4, 0.5) is 11.4 Å². The van der Waals surface area contributed by atoms with Crippen molar-refractivity contribution < 1.29 is 18.3 Å². The number of hydrogen-bond donors (Lipinski definition) is 3. The van der Waals surface area contributed by atoms with E-state index in [2.05, 4.69) is 10.0 Å². The fourth-order valence-corrected chi connectivity index (χ4v) is 6.15. The molecule has 0 bridgehead atoms. The van der Waals surface area contributed by atoms with Crippen LogP contribution >= 0.6 is 0 Å². The summed E-state index contributed by atoms with van der Waals surface area (Å²) in [5.41, 5.74) is 3.56. The Morgan fingerprint density at radius 1 is 0.825 bits per heavy atom. The highest BCUT2D eigenvalue weighted by Gasteiger charge is 2.29. The number of carbonyl (C=O) groups excluding carboxylic acids is 1. The van der Waals surface area contributed by atoms with E-state index in [1.165, 1.54) is 12.1 Å². The SMILES string of the molecule is CC(C)(C)c1cc(/C=C2\C(=O)Nc3ccc(S(=O)(=O)Nc4cccc5ccccc45)cc32)cc(C(C)(C)C)c1O. The summed E-state index contributed by atoms with van der Waals surface area (Å²) in [7, 11) is -3.95. The van der Waals surface area contributed by atoms with Crippen molar-refractivity contribution >= 4 is 49.7 Å². The number of phenolic OH excluding ortho intramolecular Hbond substituents is 1. The molecule has 0 unspecified atom stereocenters. The van der Waals surface area contributed by atoms with Gasteiger partial charge < -0.3 is 10.4 Å². The summed E-state index contributed by atoms with van der Waals surface area (Å²) in [5.74, 6) is -0.0550. The zero-order valence-corrected chi connectivity index (χ0v) is 24.4. The Bertz CT molecular complexity index is 1770. The fourth-order valence-electron chi connectivity index (χ4n) is 5.05. The number of hydrogen-bond acceptors (Lipinski definition) is 4. The average Bonchev–Trinajstić information content (AvgIpc) is 3.17. The van der Waals surface area contributed by atoms with E-state index in [0.29, 0.717) is 22.5 Å². The van der Waals surface area contributed by atoms with Crippen LogP contribution in [0.3, 0.4) is 0 Å². The summed E-state index contributed by atoms with van der Waals surface area (Å²) in [4.78, 5) is 13.1. The molecule has 4 aromatic rings. The van der Waals surface area contributed by atoms with Gasteiger partial charge in [-0.1, -0.05) is 77.9 Å². The topological polar surface area (TPSA) is 95.5 Å². The second-order valence-electron chi connectivity index (χ2n) is 12.3. The van der Waals surface area contributed by atoms with E-state index in [-0.39, 0.29) is 27.4 Å². The summed E-state index contributed by atoms with van der Waals surface area (Å²) >= 11 is 0. The molecule has 6 nitrogen and oxygen atoms in total. The van der Waals surface area contributed by atoms with Crippen LogP contribution in [0.1, 0.15) is 63.8 Å². The van der Waals surface area contributed by atoms with E-state index in [4.69, 9.17) is 0 Å². The number of anilines is 2. The number of rotatable bonds is 4. The number of sulfonamides is 1. The van der Waals surface area contributed by atoms with Crippen molar-refractivity contribution in [2.24, 2.45) is 0 Å². The summed E-state index contributed by atoms with van der Waals surface area (Å²) in [6.45, 7) is 12.2. The zero-order valence-electron chi connectivity index (χ0n) is 23.6. The molecule has 0 fully saturated rings. The smallest absolute Gasteiger partial charge is 0.261 e. The molecule has 0 radical (unpaired) electrons. The molecule has 40 heavy (non-hydrogen) atoms. The number of benzene rings is 4. The summed E-state index contributed by atoms with van der Waals surface area (Å²) in [6.07, 6.45) is 1.76. The molecular weight excluding hydrogens is 520 g/mol. The summed E-state index contributed by atoms with van der Waals surface area (Å²) in [6, 6.07) is 21.5. The molecule has 206 valence electrons. The number of aromatic hydroxyl groups is 1. The minimum Gasteiger partial charge on any atom is -0.507 e. The Labute approximate surface area is 235 Å². The highest BCUT2D eigenvalue weighted by Crippen LogP contribution is 2.42. The number of carbonyl (C=O) groups is 1. The van der Waals surface area contributed by atoms with E-state index in [9.17, 15) is 18.3 Å². The van der Waals surface area contributed by atoms with Gasteiger partial charge in [-0.05, 0) is 64.3 Å². The van der Waals surface area contributed by atoms with Gasteiger partial charge >= 0.3 is 0 Å². The van der Waals surface area contributed by atoms with Crippen molar-refractivity contribution in [1.82, 2.24) is 0 Å². The van der Waals surface area contributed by atoms with Gasteiger partial charge in [0.1, 0.15) is 5.75 Å². The molecule has 1 amide bonds. The number of fused-ring (bicyclic) bond motifs is 2. The van der Waals surface area contributed by atoms with E-state index >= 15 is 0 Å². The largest absolute Gasteiger partial charge is 0.507 e. The molecule has 0 atom stereocenters. The Balaban J connectivity index is 1.59. The lowest BCUT2D eigenvalue weighted by molar-refractivity contribution is -0.110. The van der Waals surface area contributed by atoms with Crippen molar-refractivity contribution in [3.8, 4) is 5.75 Å². The van der Waals surface area contributed by atoms with Gasteiger partial charge in [-0.25, -0.2) is 8.42 Å². The number of nitrogens with one attached hydrogen (secondary N) is 2. The molecule has 0 saturated carbocycles. The van der Waals surface area contributed by atoms with E-state index in [0.717, 1.165) is 27.5 Å². The lowest BCUT2D eigenvalue weighted by Gasteiger charge is -2.28. The second kappa shape index (κ2) is 9.52. The van der Waals surface area contributed by atoms with Crippen LogP contribution in [-0.2, 0) is 25.6 Å². The second-order valence-corrected chi connectivity index (χ2v) is 14.0. The summed E-state index contributed by atoms with van der Waals surface area (Å²) < 4.78 is 29.7. The molecule has 0 aliphatic carbocycles. The third kappa shape index (κ3) is 5.09. The first-order valence-corrected chi connectivity index (χ1v) is 14.7. The third-order valence-corrected chi connectivity index (χ3v) is 8.54. The molecular formula is C33H34N2O4S. The lowest BCUT2D eigenvalue weighted by atomic mass is 9.78. The molecule has 1 aliphatic rings. The van der Waals surface area contributed by atoms with Crippen LogP contribution < -0.4 is 10.0 Å². The Morgan fingerprint density at radius 3 is 2.10 bits per heavy atom. The molecule has 0 spiro atoms. The predicted octanol–water partition coefficient (Wildman–Crippen LogP) is 7.43. The first-order chi connectivity index (χ1) is 18.6. The van der Waals surface area contributed by atoms with Crippen LogP contribution in [-0.4, -0.2) is 19.4 Å². The van der Waals surface area contributed by atoms with Gasteiger partial charge in [0.2, 0.25) is 0 Å². The molecule has 3 N–H and O–H groups in total. The van der Waals surface area contributed by atoms with Gasteiger partial charge in [0.05, 0.1) is 10.6 Å². The van der Waals surface area contributed by atoms with Crippen molar-refractivity contribution in [2.75, 3.05) is 10.0 Å². The van der Waals surface area contributed by atoms with Crippen molar-refractivity contribution in [1.29, 1.82) is 0 Å². The highest BCUT2D eigenvalue weighted by atomic mass is 32.2. The molecule has 0 aromatic heterocycles. The Kier molecular flexibility index (Phi) is 6.54. The van der Waals surface area contributed by atoms with E-state index in [1.807, 2.05) is 90.1 Å². The average molecular weight is 555 g/mol. The van der Waals surface area contributed by atoms with Crippen LogP contribution in [0.15, 0.2) is 77.7 Å². The number of phenols is 1. The normalized spacial score (nSPS) is 14.8. The van der Waals surface area contributed by atoms with Gasteiger partial charge in [0, 0.05) is 33.3 Å². The van der Waals surface area contributed by atoms with Gasteiger partial charge in [-0.3, -0.25) is 9.52 Å². The molecule has 0 saturated heterocycles. The highest BCUT2D eigenvalue weighted by molar-refractivity contribution is 7.92. The Hall–Kier alpha value is -4.10. The molecule has 5 rings (SSSR count). The van der Waals surface area contributed by atoms with Crippen molar-refractivity contribution in [2.45, 2.75) is 57.3 Å². The fraction of sp³-hybridized carbons (Fsp3) is 0.242. The first kappa shape index (κ1) is 27.5.